The Morgan fingerprint density at radius 3 is 2.64 bits per heavy atom. The van der Waals surface area contributed by atoms with Crippen molar-refractivity contribution in [3.63, 3.8) is 0 Å². The molecule has 1 aromatic rings. The molecular formula is C19H31Cl2N3O. The normalized spacial score (nSPS) is 20.6. The van der Waals surface area contributed by atoms with Crippen LogP contribution in [-0.2, 0) is 17.8 Å². The second-order valence-electron chi connectivity index (χ2n) is 7.47. The van der Waals surface area contributed by atoms with Gasteiger partial charge in [0.1, 0.15) is 0 Å². The number of carbonyl (C=O) groups excluding carboxylic acids is 1. The molecule has 142 valence electrons. The number of fused-ring (bicyclic) bond motifs is 1. The maximum absolute atomic E-state index is 12.3. The van der Waals surface area contributed by atoms with Crippen LogP contribution in [0.5, 0.6) is 0 Å². The van der Waals surface area contributed by atoms with Gasteiger partial charge in [-0.3, -0.25) is 9.69 Å². The molecule has 1 amide bonds. The molecule has 0 saturated carbocycles. The number of carbonyl (C=O) groups is 1. The van der Waals surface area contributed by atoms with Crippen LogP contribution in [0.4, 0.5) is 0 Å². The second kappa shape index (κ2) is 9.77. The lowest BCUT2D eigenvalue weighted by atomic mass is 9.94. The Morgan fingerprint density at radius 1 is 1.24 bits per heavy atom. The van der Waals surface area contributed by atoms with Crippen molar-refractivity contribution in [3.8, 4) is 0 Å². The van der Waals surface area contributed by atoms with Crippen LogP contribution in [0.1, 0.15) is 44.2 Å². The number of hydrogen-bond acceptors (Lipinski definition) is 3. The Bertz CT molecular complexity index is 559. The zero-order chi connectivity index (χ0) is 16.3. The lowest BCUT2D eigenvalue weighted by molar-refractivity contribution is -0.124. The highest BCUT2D eigenvalue weighted by Crippen LogP contribution is 2.25. The fourth-order valence-electron chi connectivity index (χ4n) is 3.63. The van der Waals surface area contributed by atoms with Crippen LogP contribution in [-0.4, -0.2) is 42.0 Å². The molecule has 2 heterocycles. The number of amides is 1. The minimum absolute atomic E-state index is 0. The van der Waals surface area contributed by atoms with E-state index in [1.54, 1.807) is 0 Å². The van der Waals surface area contributed by atoms with Gasteiger partial charge in [-0.15, -0.1) is 24.8 Å². The predicted molar refractivity (Wildman–Crippen MR) is 108 cm³/mol. The van der Waals surface area contributed by atoms with Crippen molar-refractivity contribution in [1.82, 2.24) is 15.5 Å². The summed E-state index contributed by atoms with van der Waals surface area (Å²) < 4.78 is 0. The molecule has 3 rings (SSSR count). The van der Waals surface area contributed by atoms with Crippen molar-refractivity contribution in [1.29, 1.82) is 0 Å². The van der Waals surface area contributed by atoms with E-state index < -0.39 is 0 Å². The van der Waals surface area contributed by atoms with Crippen LogP contribution >= 0.6 is 24.8 Å². The summed E-state index contributed by atoms with van der Waals surface area (Å²) in [6.45, 7) is 8.16. The van der Waals surface area contributed by atoms with E-state index in [1.807, 2.05) is 0 Å². The fourth-order valence-corrected chi connectivity index (χ4v) is 3.63. The largest absolute Gasteiger partial charge is 0.353 e. The monoisotopic (exact) mass is 387 g/mol. The molecule has 1 atom stereocenters. The zero-order valence-electron chi connectivity index (χ0n) is 15.2. The van der Waals surface area contributed by atoms with Crippen LogP contribution in [0.2, 0.25) is 0 Å². The highest BCUT2D eigenvalue weighted by atomic mass is 35.5. The first-order chi connectivity index (χ1) is 11.1. The first-order valence-electron chi connectivity index (χ1n) is 8.89. The Hall–Kier alpha value is -0.810. The minimum Gasteiger partial charge on any atom is -0.353 e. The molecule has 0 spiro atoms. The van der Waals surface area contributed by atoms with Crippen molar-refractivity contribution in [2.45, 2.75) is 57.7 Å². The average Bonchev–Trinajstić information content (AvgIpc) is 2.60. The standard InChI is InChI=1S/C19H29N3O.2ClH/c1-19(2,14-21-18(23)17-9-5-6-11-20-17)22-12-10-15-7-3-4-8-16(15)13-22;;/h3-4,7-8,17,20H,5-6,9-14H2,1-2H3,(H,21,23);2*1H/t17-;;/m1../s1. The van der Waals surface area contributed by atoms with Gasteiger partial charge in [0.25, 0.3) is 0 Å². The predicted octanol–water partition coefficient (Wildman–Crippen LogP) is 2.93. The smallest absolute Gasteiger partial charge is 0.237 e. The summed E-state index contributed by atoms with van der Waals surface area (Å²) in [6, 6.07) is 8.70. The van der Waals surface area contributed by atoms with E-state index in [1.165, 1.54) is 17.5 Å². The van der Waals surface area contributed by atoms with Crippen molar-refractivity contribution in [3.05, 3.63) is 35.4 Å². The third kappa shape index (κ3) is 5.58. The summed E-state index contributed by atoms with van der Waals surface area (Å²) in [6.07, 6.45) is 4.39. The van der Waals surface area contributed by atoms with E-state index in [2.05, 4.69) is 53.6 Å². The van der Waals surface area contributed by atoms with Crippen molar-refractivity contribution >= 4 is 30.7 Å². The third-order valence-corrected chi connectivity index (χ3v) is 5.31. The number of halogens is 2. The van der Waals surface area contributed by atoms with Gasteiger partial charge in [-0.25, -0.2) is 0 Å². The van der Waals surface area contributed by atoms with E-state index in [0.29, 0.717) is 6.54 Å². The van der Waals surface area contributed by atoms with E-state index >= 15 is 0 Å². The molecule has 1 aromatic carbocycles. The first kappa shape index (κ1) is 22.2. The molecule has 4 nitrogen and oxygen atoms in total. The van der Waals surface area contributed by atoms with Crippen LogP contribution in [0.25, 0.3) is 0 Å². The van der Waals surface area contributed by atoms with Gasteiger partial charge in [-0.2, -0.15) is 0 Å². The lowest BCUT2D eigenvalue weighted by Gasteiger charge is -2.42. The van der Waals surface area contributed by atoms with Crippen LogP contribution < -0.4 is 10.6 Å². The van der Waals surface area contributed by atoms with Gasteiger partial charge in [-0.05, 0) is 50.8 Å². The Morgan fingerprint density at radius 2 is 1.96 bits per heavy atom. The summed E-state index contributed by atoms with van der Waals surface area (Å²) in [5.74, 6) is 0.162. The SMILES string of the molecule is CC(C)(CNC(=O)[C@H]1CCCCN1)N1CCc2ccccc2C1.Cl.Cl. The topological polar surface area (TPSA) is 44.4 Å². The van der Waals surface area contributed by atoms with Crippen molar-refractivity contribution in [2.24, 2.45) is 0 Å². The number of nitrogens with one attached hydrogen (secondary N) is 2. The number of hydrogen-bond donors (Lipinski definition) is 2. The fraction of sp³-hybridized carbons (Fsp3) is 0.632. The third-order valence-electron chi connectivity index (χ3n) is 5.31. The molecule has 0 aliphatic carbocycles. The van der Waals surface area contributed by atoms with Crippen LogP contribution in [0.15, 0.2) is 24.3 Å². The van der Waals surface area contributed by atoms with Gasteiger partial charge < -0.3 is 10.6 Å². The molecule has 0 unspecified atom stereocenters. The summed E-state index contributed by atoms with van der Waals surface area (Å²) in [5, 5.41) is 6.49. The quantitative estimate of drug-likeness (QED) is 0.834. The van der Waals surface area contributed by atoms with E-state index in [4.69, 9.17) is 0 Å². The highest BCUT2D eigenvalue weighted by Gasteiger charge is 2.31. The molecule has 2 aliphatic heterocycles. The summed E-state index contributed by atoms with van der Waals surface area (Å²) >= 11 is 0. The molecule has 0 radical (unpaired) electrons. The number of nitrogens with zero attached hydrogens (tertiary/aromatic N) is 1. The molecule has 0 bridgehead atoms. The van der Waals surface area contributed by atoms with Gasteiger partial charge in [-0.1, -0.05) is 30.7 Å². The van der Waals surface area contributed by atoms with Gasteiger partial charge in [0.15, 0.2) is 0 Å². The lowest BCUT2D eigenvalue weighted by Crippen LogP contribution is -2.55. The number of rotatable bonds is 4. The molecule has 2 aliphatic rings. The Balaban J connectivity index is 0.00000156. The van der Waals surface area contributed by atoms with Crippen LogP contribution in [0.3, 0.4) is 0 Å². The maximum Gasteiger partial charge on any atom is 0.237 e. The van der Waals surface area contributed by atoms with Gasteiger partial charge in [0, 0.05) is 25.2 Å². The van der Waals surface area contributed by atoms with Crippen LogP contribution in [0, 0.1) is 0 Å². The maximum atomic E-state index is 12.3. The minimum atomic E-state index is -0.0299. The molecule has 6 heteroatoms. The number of benzene rings is 1. The summed E-state index contributed by atoms with van der Waals surface area (Å²) in [5.41, 5.74) is 2.86. The van der Waals surface area contributed by atoms with Crippen molar-refractivity contribution in [2.75, 3.05) is 19.6 Å². The molecular weight excluding hydrogens is 357 g/mol. The van der Waals surface area contributed by atoms with E-state index in [0.717, 1.165) is 38.9 Å². The summed E-state index contributed by atoms with van der Waals surface area (Å²) in [4.78, 5) is 14.8. The number of piperidine rings is 1. The molecule has 1 fully saturated rings. The van der Waals surface area contributed by atoms with Crippen molar-refractivity contribution < 1.29 is 4.79 Å². The Labute approximate surface area is 163 Å². The molecule has 25 heavy (non-hydrogen) atoms. The van der Waals surface area contributed by atoms with Gasteiger partial charge in [0.05, 0.1) is 6.04 Å². The zero-order valence-corrected chi connectivity index (χ0v) is 16.8. The Kier molecular flexibility index (Phi) is 8.69. The van der Waals surface area contributed by atoms with Gasteiger partial charge in [0.2, 0.25) is 5.91 Å². The molecule has 0 aromatic heterocycles. The van der Waals surface area contributed by atoms with Gasteiger partial charge >= 0.3 is 0 Å². The molecule has 1 saturated heterocycles. The van der Waals surface area contributed by atoms with E-state index in [-0.39, 0.29) is 42.3 Å². The second-order valence-corrected chi connectivity index (χ2v) is 7.47. The highest BCUT2D eigenvalue weighted by molar-refractivity contribution is 5.85. The average molecular weight is 388 g/mol. The summed E-state index contributed by atoms with van der Waals surface area (Å²) in [7, 11) is 0. The first-order valence-corrected chi connectivity index (χ1v) is 8.89. The molecule has 2 N–H and O–H groups in total. The van der Waals surface area contributed by atoms with E-state index in [9.17, 15) is 4.79 Å².